The second-order valence-electron chi connectivity index (χ2n) is 3.94. The number of carbonyl (C=O) groups excluding carboxylic acids is 2. The fraction of sp³-hybridized carbons (Fsp3) is 0.214. The topological polar surface area (TPSA) is 67.4 Å². The molecular weight excluding hydrogens is 312 g/mol. The highest BCUT2D eigenvalue weighted by atomic mass is 35.5. The molecule has 1 amide bonds. The Bertz CT molecular complexity index is 588. The molecule has 112 valence electrons. The van der Waals surface area contributed by atoms with Gasteiger partial charge in [-0.3, -0.25) is 10.1 Å². The first kappa shape index (κ1) is 17.1. The van der Waals surface area contributed by atoms with Crippen LogP contribution < -0.4 is 10.6 Å². The van der Waals surface area contributed by atoms with E-state index in [9.17, 15) is 9.59 Å². The minimum Gasteiger partial charge on any atom is -0.463 e. The predicted molar refractivity (Wildman–Crippen MR) is 86.3 cm³/mol. The predicted octanol–water partition coefficient (Wildman–Crippen LogP) is 2.58. The van der Waals surface area contributed by atoms with Crippen molar-refractivity contribution >= 4 is 46.5 Å². The summed E-state index contributed by atoms with van der Waals surface area (Å²) in [5, 5.41) is 5.98. The maximum atomic E-state index is 11.5. The van der Waals surface area contributed by atoms with Gasteiger partial charge in [0.2, 0.25) is 5.91 Å². The maximum absolute atomic E-state index is 11.5. The van der Waals surface area contributed by atoms with Gasteiger partial charge in [-0.15, -0.1) is 0 Å². The molecule has 21 heavy (non-hydrogen) atoms. The number of ether oxygens (including phenoxy) is 1. The van der Waals surface area contributed by atoms with Gasteiger partial charge in [0.25, 0.3) is 0 Å². The quantitative estimate of drug-likeness (QED) is 0.506. The van der Waals surface area contributed by atoms with Gasteiger partial charge in [0.15, 0.2) is 5.11 Å². The lowest BCUT2D eigenvalue weighted by Crippen LogP contribution is -2.33. The van der Waals surface area contributed by atoms with Crippen LogP contribution >= 0.6 is 23.8 Å². The number of hydrogen-bond acceptors (Lipinski definition) is 4. The van der Waals surface area contributed by atoms with E-state index >= 15 is 0 Å². The highest BCUT2D eigenvalue weighted by Gasteiger charge is 2.06. The van der Waals surface area contributed by atoms with Crippen LogP contribution in [-0.4, -0.2) is 23.6 Å². The number of halogens is 1. The van der Waals surface area contributed by atoms with Crippen LogP contribution in [0.4, 0.5) is 5.69 Å². The van der Waals surface area contributed by atoms with Crippen LogP contribution in [0.15, 0.2) is 30.4 Å². The van der Waals surface area contributed by atoms with Crippen molar-refractivity contribution in [3.05, 3.63) is 40.9 Å². The molecule has 0 spiro atoms. The summed E-state index contributed by atoms with van der Waals surface area (Å²) in [7, 11) is 0. The number of nitrogens with one attached hydrogen (secondary N) is 2. The Hall–Kier alpha value is -1.92. The van der Waals surface area contributed by atoms with E-state index in [0.29, 0.717) is 10.7 Å². The Labute approximate surface area is 133 Å². The highest BCUT2D eigenvalue weighted by molar-refractivity contribution is 7.80. The average Bonchev–Trinajstić information content (AvgIpc) is 2.42. The Morgan fingerprint density at radius 1 is 1.38 bits per heavy atom. The number of anilines is 1. The number of carbonyl (C=O) groups is 2. The lowest BCUT2D eigenvalue weighted by molar-refractivity contribution is -0.137. The number of thiocarbonyl (C=S) groups is 1. The molecule has 2 N–H and O–H groups in total. The van der Waals surface area contributed by atoms with E-state index in [2.05, 4.69) is 15.4 Å². The monoisotopic (exact) mass is 326 g/mol. The number of esters is 1. The van der Waals surface area contributed by atoms with Crippen LogP contribution in [0.1, 0.15) is 12.5 Å². The SMILES string of the molecule is CCOC(=O)/C=C/C(=O)NC(=S)Nc1cccc(Cl)c1C. The van der Waals surface area contributed by atoms with Gasteiger partial charge in [-0.05, 0) is 43.8 Å². The van der Waals surface area contributed by atoms with Gasteiger partial charge in [-0.25, -0.2) is 4.79 Å². The van der Waals surface area contributed by atoms with Gasteiger partial charge in [-0.1, -0.05) is 17.7 Å². The largest absolute Gasteiger partial charge is 0.463 e. The minimum absolute atomic E-state index is 0.110. The number of amides is 1. The molecule has 0 radical (unpaired) electrons. The van der Waals surface area contributed by atoms with Crippen LogP contribution in [0.2, 0.25) is 5.02 Å². The summed E-state index contributed by atoms with van der Waals surface area (Å²) >= 11 is 11.0. The van der Waals surface area contributed by atoms with Crippen LogP contribution in [0.5, 0.6) is 0 Å². The molecule has 0 saturated carbocycles. The van der Waals surface area contributed by atoms with Crippen molar-refractivity contribution in [1.29, 1.82) is 0 Å². The number of hydrogen-bond donors (Lipinski definition) is 2. The van der Waals surface area contributed by atoms with Crippen molar-refractivity contribution in [3.8, 4) is 0 Å². The molecule has 1 rings (SSSR count). The van der Waals surface area contributed by atoms with Crippen LogP contribution in [-0.2, 0) is 14.3 Å². The van der Waals surface area contributed by atoms with E-state index in [1.54, 1.807) is 25.1 Å². The van der Waals surface area contributed by atoms with E-state index in [1.165, 1.54) is 0 Å². The molecule has 0 fully saturated rings. The highest BCUT2D eigenvalue weighted by Crippen LogP contribution is 2.22. The molecule has 0 unspecified atom stereocenters. The summed E-state index contributed by atoms with van der Waals surface area (Å²) < 4.78 is 4.65. The third-order valence-corrected chi connectivity index (χ3v) is 3.02. The Morgan fingerprint density at radius 2 is 2.10 bits per heavy atom. The molecule has 1 aromatic carbocycles. The van der Waals surface area contributed by atoms with Gasteiger partial charge in [-0.2, -0.15) is 0 Å². The summed E-state index contributed by atoms with van der Waals surface area (Å²) in [5.74, 6) is -1.11. The zero-order valence-electron chi connectivity index (χ0n) is 11.6. The zero-order chi connectivity index (χ0) is 15.8. The van der Waals surface area contributed by atoms with E-state index in [1.807, 2.05) is 6.92 Å². The summed E-state index contributed by atoms with van der Waals surface area (Å²) in [6.07, 6.45) is 2.09. The van der Waals surface area contributed by atoms with Crippen LogP contribution in [0.3, 0.4) is 0 Å². The fourth-order valence-corrected chi connectivity index (χ4v) is 1.77. The van der Waals surface area contributed by atoms with Gasteiger partial charge < -0.3 is 10.1 Å². The van der Waals surface area contributed by atoms with E-state index < -0.39 is 11.9 Å². The van der Waals surface area contributed by atoms with E-state index in [0.717, 1.165) is 17.7 Å². The summed E-state index contributed by atoms with van der Waals surface area (Å²) in [6.45, 7) is 3.76. The van der Waals surface area contributed by atoms with E-state index in [-0.39, 0.29) is 11.7 Å². The van der Waals surface area contributed by atoms with Crippen molar-refractivity contribution in [3.63, 3.8) is 0 Å². The van der Waals surface area contributed by atoms with Crippen molar-refractivity contribution < 1.29 is 14.3 Å². The molecular formula is C14H15ClN2O3S. The van der Waals surface area contributed by atoms with Crippen molar-refractivity contribution in [1.82, 2.24) is 5.32 Å². The minimum atomic E-state index is -0.586. The van der Waals surface area contributed by atoms with Crippen molar-refractivity contribution in [2.75, 3.05) is 11.9 Å². The molecule has 0 bridgehead atoms. The fourth-order valence-electron chi connectivity index (χ4n) is 1.38. The summed E-state index contributed by atoms with van der Waals surface area (Å²) in [4.78, 5) is 22.6. The second kappa shape index (κ2) is 8.39. The lowest BCUT2D eigenvalue weighted by atomic mass is 10.2. The van der Waals surface area contributed by atoms with Gasteiger partial charge in [0, 0.05) is 22.9 Å². The molecule has 7 heteroatoms. The second-order valence-corrected chi connectivity index (χ2v) is 4.76. The molecule has 0 heterocycles. The molecule has 1 aromatic rings. The zero-order valence-corrected chi connectivity index (χ0v) is 13.2. The molecule has 0 aromatic heterocycles. The Balaban J connectivity index is 2.56. The number of rotatable bonds is 4. The molecule has 5 nitrogen and oxygen atoms in total. The molecule has 0 aliphatic rings. The normalized spacial score (nSPS) is 10.2. The molecule has 0 atom stereocenters. The molecule has 0 aliphatic carbocycles. The lowest BCUT2D eigenvalue weighted by Gasteiger charge is -2.11. The van der Waals surface area contributed by atoms with Crippen LogP contribution in [0, 0.1) is 6.92 Å². The first-order valence-corrected chi connectivity index (χ1v) is 6.94. The third-order valence-electron chi connectivity index (χ3n) is 2.41. The smallest absolute Gasteiger partial charge is 0.330 e. The first-order valence-electron chi connectivity index (χ1n) is 6.16. The van der Waals surface area contributed by atoms with Gasteiger partial charge in [0.05, 0.1) is 6.61 Å². The Morgan fingerprint density at radius 3 is 2.76 bits per heavy atom. The summed E-state index contributed by atoms with van der Waals surface area (Å²) in [6, 6.07) is 5.31. The maximum Gasteiger partial charge on any atom is 0.330 e. The standard InChI is InChI=1S/C14H15ClN2O3S/c1-3-20-13(19)8-7-12(18)17-14(21)16-11-6-4-5-10(15)9(11)2/h4-8H,3H2,1-2H3,(H2,16,17,18,21)/b8-7+. The summed E-state index contributed by atoms with van der Waals surface area (Å²) in [5.41, 5.74) is 1.51. The van der Waals surface area contributed by atoms with Crippen molar-refractivity contribution in [2.24, 2.45) is 0 Å². The Kier molecular flexibility index (Phi) is 6.84. The average molecular weight is 327 g/mol. The van der Waals surface area contributed by atoms with Gasteiger partial charge in [0.1, 0.15) is 0 Å². The third kappa shape index (κ3) is 5.93. The number of benzene rings is 1. The van der Waals surface area contributed by atoms with Crippen LogP contribution in [0.25, 0.3) is 0 Å². The van der Waals surface area contributed by atoms with E-state index in [4.69, 9.17) is 23.8 Å². The molecule has 0 saturated heterocycles. The van der Waals surface area contributed by atoms with Gasteiger partial charge >= 0.3 is 5.97 Å². The molecule has 0 aliphatic heterocycles. The first-order chi connectivity index (χ1) is 9.93. The van der Waals surface area contributed by atoms with Crippen molar-refractivity contribution in [2.45, 2.75) is 13.8 Å².